The van der Waals surface area contributed by atoms with Crippen LogP contribution in [0.2, 0.25) is 0 Å². The van der Waals surface area contributed by atoms with Gasteiger partial charge in [0.2, 0.25) is 5.91 Å². The first kappa shape index (κ1) is 18.2. The van der Waals surface area contributed by atoms with E-state index in [1.807, 2.05) is 38.6 Å². The molecule has 0 unspecified atom stereocenters. The van der Waals surface area contributed by atoms with E-state index in [0.29, 0.717) is 0 Å². The van der Waals surface area contributed by atoms with Gasteiger partial charge in [0, 0.05) is 18.7 Å². The van der Waals surface area contributed by atoms with Gasteiger partial charge in [-0.1, -0.05) is 23.8 Å². The van der Waals surface area contributed by atoms with E-state index in [2.05, 4.69) is 47.4 Å². The molecule has 1 amide bonds. The van der Waals surface area contributed by atoms with Gasteiger partial charge in [-0.2, -0.15) is 5.10 Å². The first-order valence-electron chi connectivity index (χ1n) is 8.40. The second-order valence-electron chi connectivity index (χ2n) is 6.77. The molecular weight excluding hydrogens is 300 g/mol. The molecule has 1 aromatic heterocycles. The highest BCUT2D eigenvalue weighted by Gasteiger charge is 2.20. The van der Waals surface area contributed by atoms with Crippen molar-refractivity contribution in [3.63, 3.8) is 0 Å². The number of aryl methyl sites for hydroxylation is 2. The normalized spacial score (nSPS) is 12.7. The zero-order valence-corrected chi connectivity index (χ0v) is 15.5. The predicted octanol–water partition coefficient (Wildman–Crippen LogP) is 3.54. The van der Waals surface area contributed by atoms with E-state index < -0.39 is 0 Å². The molecule has 0 saturated heterocycles. The lowest BCUT2D eigenvalue weighted by atomic mass is 10.0. The molecule has 24 heavy (non-hydrogen) atoms. The highest BCUT2D eigenvalue weighted by Crippen LogP contribution is 2.16. The van der Waals surface area contributed by atoms with Crippen LogP contribution in [-0.2, 0) is 11.3 Å². The molecule has 0 aliphatic carbocycles. The highest BCUT2D eigenvalue weighted by molar-refractivity contribution is 5.93. The molecule has 0 saturated carbocycles. The summed E-state index contributed by atoms with van der Waals surface area (Å²) in [6, 6.07) is 8.23. The fourth-order valence-electron chi connectivity index (χ4n) is 2.68. The minimum absolute atomic E-state index is 0.0235. The summed E-state index contributed by atoms with van der Waals surface area (Å²) in [6.07, 6.45) is 1.71. The van der Waals surface area contributed by atoms with Gasteiger partial charge in [-0.05, 0) is 52.8 Å². The molecule has 1 N–H and O–H groups in total. The summed E-state index contributed by atoms with van der Waals surface area (Å²) in [5, 5.41) is 7.23. The number of nitrogens with zero attached hydrogens (tertiary/aromatic N) is 3. The third-order valence-electron chi connectivity index (χ3n) is 4.37. The van der Waals surface area contributed by atoms with Gasteiger partial charge < -0.3 is 5.32 Å². The van der Waals surface area contributed by atoms with Crippen molar-refractivity contribution in [2.24, 2.45) is 0 Å². The molecule has 1 atom stereocenters. The zero-order valence-electron chi connectivity index (χ0n) is 15.5. The molecule has 0 aliphatic heterocycles. The number of hydrogen-bond donors (Lipinski definition) is 1. The van der Waals surface area contributed by atoms with Crippen molar-refractivity contribution in [2.75, 3.05) is 12.4 Å². The topological polar surface area (TPSA) is 50.2 Å². The van der Waals surface area contributed by atoms with Crippen LogP contribution < -0.4 is 5.32 Å². The molecular formula is C19H28N4O. The Kier molecular flexibility index (Phi) is 5.78. The van der Waals surface area contributed by atoms with Crippen molar-refractivity contribution in [3.8, 4) is 0 Å². The van der Waals surface area contributed by atoms with Crippen molar-refractivity contribution in [1.82, 2.24) is 14.7 Å². The number of carbonyl (C=O) groups is 1. The van der Waals surface area contributed by atoms with E-state index in [9.17, 15) is 4.79 Å². The molecule has 5 heteroatoms. The first-order valence-corrected chi connectivity index (χ1v) is 8.40. The Morgan fingerprint density at radius 3 is 2.58 bits per heavy atom. The van der Waals surface area contributed by atoms with Crippen molar-refractivity contribution >= 4 is 11.7 Å². The number of benzene rings is 1. The number of aromatic nitrogens is 2. The Labute approximate surface area is 144 Å². The molecule has 1 heterocycles. The van der Waals surface area contributed by atoms with Crippen molar-refractivity contribution in [1.29, 1.82) is 0 Å². The maximum Gasteiger partial charge on any atom is 0.242 e. The van der Waals surface area contributed by atoms with Gasteiger partial charge in [-0.15, -0.1) is 0 Å². The Bertz CT molecular complexity index is 705. The van der Waals surface area contributed by atoms with Crippen molar-refractivity contribution < 1.29 is 4.79 Å². The average Bonchev–Trinajstić information content (AvgIpc) is 2.97. The molecule has 130 valence electrons. The summed E-state index contributed by atoms with van der Waals surface area (Å²) < 4.78 is 1.81. The summed E-state index contributed by atoms with van der Waals surface area (Å²) in [4.78, 5) is 14.6. The lowest BCUT2D eigenvalue weighted by Gasteiger charge is -2.25. The van der Waals surface area contributed by atoms with E-state index in [0.717, 1.165) is 12.4 Å². The van der Waals surface area contributed by atoms with Crippen molar-refractivity contribution in [2.45, 2.75) is 53.2 Å². The summed E-state index contributed by atoms with van der Waals surface area (Å²) in [6.45, 7) is 11.0. The van der Waals surface area contributed by atoms with Gasteiger partial charge in [0.25, 0.3) is 0 Å². The molecule has 0 fully saturated rings. The smallest absolute Gasteiger partial charge is 0.242 e. The van der Waals surface area contributed by atoms with Crippen LogP contribution in [0, 0.1) is 13.8 Å². The van der Waals surface area contributed by atoms with Crippen LogP contribution in [0.15, 0.2) is 30.5 Å². The van der Waals surface area contributed by atoms with E-state index in [1.165, 1.54) is 16.7 Å². The SMILES string of the molecule is Cc1ccc(CN(C)[C@@H](C)C(=O)Nc2ccnn2C(C)C)c(C)c1. The van der Waals surface area contributed by atoms with Crippen LogP contribution in [0.3, 0.4) is 0 Å². The Hall–Kier alpha value is -2.14. The summed E-state index contributed by atoms with van der Waals surface area (Å²) in [7, 11) is 1.98. The number of amides is 1. The van der Waals surface area contributed by atoms with Crippen molar-refractivity contribution in [3.05, 3.63) is 47.2 Å². The molecule has 1 aromatic carbocycles. The second kappa shape index (κ2) is 7.62. The summed E-state index contributed by atoms with van der Waals surface area (Å²) in [5.41, 5.74) is 3.76. The molecule has 0 spiro atoms. The number of hydrogen-bond acceptors (Lipinski definition) is 3. The Morgan fingerprint density at radius 2 is 1.96 bits per heavy atom. The zero-order chi connectivity index (χ0) is 17.9. The van der Waals surface area contributed by atoms with Crippen LogP contribution in [0.1, 0.15) is 43.5 Å². The van der Waals surface area contributed by atoms with Gasteiger partial charge in [0.05, 0.1) is 12.2 Å². The standard InChI is InChI=1S/C19H28N4O/c1-13(2)23-18(9-10-20-23)21-19(24)16(5)22(6)12-17-8-7-14(3)11-15(17)4/h7-11,13,16H,12H2,1-6H3,(H,21,24)/t16-/m0/s1. The molecule has 2 aromatic rings. The minimum atomic E-state index is -0.235. The first-order chi connectivity index (χ1) is 11.3. The highest BCUT2D eigenvalue weighted by atomic mass is 16.2. The van der Waals surface area contributed by atoms with Crippen LogP contribution >= 0.6 is 0 Å². The number of rotatable bonds is 6. The second-order valence-corrected chi connectivity index (χ2v) is 6.77. The lowest BCUT2D eigenvalue weighted by molar-refractivity contribution is -0.120. The minimum Gasteiger partial charge on any atom is -0.310 e. The van der Waals surface area contributed by atoms with E-state index in [1.54, 1.807) is 6.20 Å². The fraction of sp³-hybridized carbons (Fsp3) is 0.474. The molecule has 0 radical (unpaired) electrons. The Morgan fingerprint density at radius 1 is 1.25 bits per heavy atom. The van der Waals surface area contributed by atoms with Gasteiger partial charge in [-0.25, -0.2) is 4.68 Å². The largest absolute Gasteiger partial charge is 0.310 e. The number of carbonyl (C=O) groups excluding carboxylic acids is 1. The van der Waals surface area contributed by atoms with Crippen LogP contribution in [0.4, 0.5) is 5.82 Å². The number of likely N-dealkylation sites (N-methyl/N-ethyl adjacent to an activating group) is 1. The van der Waals surface area contributed by atoms with E-state index in [4.69, 9.17) is 0 Å². The third kappa shape index (κ3) is 4.23. The third-order valence-corrected chi connectivity index (χ3v) is 4.37. The number of anilines is 1. The monoisotopic (exact) mass is 328 g/mol. The molecule has 0 aliphatic rings. The van der Waals surface area contributed by atoms with E-state index >= 15 is 0 Å². The van der Waals surface area contributed by atoms with Gasteiger partial charge in [0.1, 0.15) is 5.82 Å². The van der Waals surface area contributed by atoms with Crippen LogP contribution in [0.5, 0.6) is 0 Å². The molecule has 2 rings (SSSR count). The van der Waals surface area contributed by atoms with Gasteiger partial charge >= 0.3 is 0 Å². The quantitative estimate of drug-likeness (QED) is 0.882. The van der Waals surface area contributed by atoms with Crippen LogP contribution in [0.25, 0.3) is 0 Å². The van der Waals surface area contributed by atoms with Gasteiger partial charge in [-0.3, -0.25) is 9.69 Å². The maximum atomic E-state index is 12.6. The lowest BCUT2D eigenvalue weighted by Crippen LogP contribution is -2.39. The fourth-order valence-corrected chi connectivity index (χ4v) is 2.68. The maximum absolute atomic E-state index is 12.6. The summed E-state index contributed by atoms with van der Waals surface area (Å²) >= 11 is 0. The number of nitrogens with one attached hydrogen (secondary N) is 1. The Balaban J connectivity index is 2.02. The van der Waals surface area contributed by atoms with Gasteiger partial charge in [0.15, 0.2) is 0 Å². The predicted molar refractivity (Wildman–Crippen MR) is 98.1 cm³/mol. The van der Waals surface area contributed by atoms with Crippen LogP contribution in [-0.4, -0.2) is 33.7 Å². The van der Waals surface area contributed by atoms with E-state index in [-0.39, 0.29) is 18.0 Å². The summed E-state index contributed by atoms with van der Waals surface area (Å²) in [5.74, 6) is 0.714. The average molecular weight is 328 g/mol. The molecule has 5 nitrogen and oxygen atoms in total. The molecule has 0 bridgehead atoms.